The summed E-state index contributed by atoms with van der Waals surface area (Å²) < 4.78 is 29.9. The van der Waals surface area contributed by atoms with Gasteiger partial charge in [0.15, 0.2) is 12.4 Å². The van der Waals surface area contributed by atoms with Crippen LogP contribution in [0.15, 0.2) is 23.0 Å². The molecular formula is C32H44O15. The van der Waals surface area contributed by atoms with Gasteiger partial charge in [-0.2, -0.15) is 0 Å². The monoisotopic (exact) mass is 668 g/mol. The Labute approximate surface area is 270 Å². The van der Waals surface area contributed by atoms with E-state index >= 15 is 0 Å². The van der Waals surface area contributed by atoms with Gasteiger partial charge in [0.05, 0.1) is 55.4 Å². The fourth-order valence-electron chi connectivity index (χ4n) is 10.1. The zero-order valence-corrected chi connectivity index (χ0v) is 26.6. The number of carboxylic acid groups (broad SMARTS) is 2. The van der Waals surface area contributed by atoms with Crippen molar-refractivity contribution in [1.29, 1.82) is 0 Å². The van der Waals surface area contributed by atoms with E-state index in [1.807, 2.05) is 0 Å². The number of epoxide rings is 1. The number of hydrogen-bond donors (Lipinski definition) is 7. The van der Waals surface area contributed by atoms with E-state index in [-0.39, 0.29) is 31.7 Å². The highest BCUT2D eigenvalue weighted by Crippen LogP contribution is 2.78. The Bertz CT molecular complexity index is 1390. The third-order valence-electron chi connectivity index (χ3n) is 12.4. The number of aliphatic hydroxyl groups excluding tert-OH is 5. The first-order valence-electron chi connectivity index (χ1n) is 15.9. The van der Waals surface area contributed by atoms with Gasteiger partial charge in [0.25, 0.3) is 0 Å². The second-order valence-corrected chi connectivity index (χ2v) is 14.9. The van der Waals surface area contributed by atoms with Crippen molar-refractivity contribution >= 4 is 17.7 Å². The van der Waals surface area contributed by atoms with Crippen LogP contribution in [0.2, 0.25) is 0 Å². The van der Waals surface area contributed by atoms with Gasteiger partial charge in [0, 0.05) is 28.7 Å². The molecule has 0 amide bonds. The van der Waals surface area contributed by atoms with Gasteiger partial charge in [0.1, 0.15) is 35.8 Å². The molecule has 4 heterocycles. The maximum atomic E-state index is 14.7. The molecule has 0 aromatic carbocycles. The van der Waals surface area contributed by atoms with Crippen molar-refractivity contribution in [1.82, 2.24) is 0 Å². The third-order valence-corrected chi connectivity index (χ3v) is 12.4. The zero-order valence-electron chi connectivity index (χ0n) is 26.6. The lowest BCUT2D eigenvalue weighted by Gasteiger charge is -2.64. The second-order valence-electron chi connectivity index (χ2n) is 14.9. The first kappa shape index (κ1) is 34.4. The first-order chi connectivity index (χ1) is 21.9. The maximum Gasteiger partial charge on any atom is 0.335 e. The van der Waals surface area contributed by atoms with Crippen LogP contribution < -0.4 is 0 Å². The molecule has 1 spiro atoms. The molecule has 262 valence electrons. The number of Topliss-reactive ketones (excluding diaryl/α,β-unsaturated/α-hetero) is 1. The minimum absolute atomic E-state index is 0.0519. The molecule has 0 radical (unpaired) electrons. The van der Waals surface area contributed by atoms with Crippen LogP contribution in [0.5, 0.6) is 0 Å². The van der Waals surface area contributed by atoms with E-state index in [2.05, 4.69) is 0 Å². The molecular weight excluding hydrogens is 624 g/mol. The van der Waals surface area contributed by atoms with Crippen molar-refractivity contribution in [3.8, 4) is 0 Å². The van der Waals surface area contributed by atoms with Gasteiger partial charge in [-0.25, -0.2) is 4.79 Å². The molecule has 1 aromatic rings. The van der Waals surface area contributed by atoms with Gasteiger partial charge in [-0.3, -0.25) is 9.59 Å². The number of carbonyl (C=O) groups is 3. The van der Waals surface area contributed by atoms with Crippen molar-refractivity contribution < 1.29 is 73.5 Å². The third kappa shape index (κ3) is 4.54. The van der Waals surface area contributed by atoms with Crippen molar-refractivity contribution in [2.75, 3.05) is 13.2 Å². The number of hydrogen-bond acceptors (Lipinski definition) is 13. The van der Waals surface area contributed by atoms with Crippen molar-refractivity contribution in [2.24, 2.45) is 28.1 Å². The van der Waals surface area contributed by atoms with Crippen LogP contribution in [0.25, 0.3) is 0 Å². The summed E-state index contributed by atoms with van der Waals surface area (Å²) in [6.45, 7) is 6.15. The summed E-state index contributed by atoms with van der Waals surface area (Å²) in [6, 6.07) is 1.56. The standard InChI is InChI=1S/C32H44O15/c1-28(2)17-9-18(34)30(4)16(31(17,13-44-28)19(35)10-20(36)37)5-7-29(3,32(30)25(47-32)26(41)42)24(14-6-8-43-12-14)46-27-23(40)22(39)21(38)15(11-33)45-27/h6,8,12,15-17,19,21-25,27,33,35,38-40H,5,7,9-11,13H2,1-4H3,(H,36,37)(H,41,42). The highest BCUT2D eigenvalue weighted by molar-refractivity contribution is 5.92. The summed E-state index contributed by atoms with van der Waals surface area (Å²) >= 11 is 0. The minimum atomic E-state index is -1.78. The van der Waals surface area contributed by atoms with E-state index in [9.17, 15) is 50.1 Å². The van der Waals surface area contributed by atoms with Crippen LogP contribution in [-0.4, -0.2) is 121 Å². The largest absolute Gasteiger partial charge is 0.481 e. The Kier molecular flexibility index (Phi) is 8.26. The smallest absolute Gasteiger partial charge is 0.335 e. The number of aliphatic carboxylic acids is 2. The van der Waals surface area contributed by atoms with Crippen LogP contribution in [-0.2, 0) is 33.3 Å². The number of carbonyl (C=O) groups excluding carboxylic acids is 1. The number of ether oxygens (including phenoxy) is 4. The molecule has 14 atom stereocenters. The number of carboxylic acids is 2. The predicted octanol–water partition coefficient (Wildman–Crippen LogP) is 0.00180. The van der Waals surface area contributed by atoms with E-state index in [4.69, 9.17) is 23.4 Å². The SMILES string of the molecule is CC1(C)OCC2(C(O)CC(=O)O)C1CC(=O)C1(C)C2CCC(C)(C(OC2OC(CO)C(O)C(O)C2O)c2ccoc2)C12OC2C(=O)O. The average molecular weight is 669 g/mol. The van der Waals surface area contributed by atoms with Crippen molar-refractivity contribution in [3.05, 3.63) is 24.2 Å². The predicted molar refractivity (Wildman–Crippen MR) is 154 cm³/mol. The van der Waals surface area contributed by atoms with E-state index in [1.54, 1.807) is 33.8 Å². The summed E-state index contributed by atoms with van der Waals surface area (Å²) in [4.78, 5) is 39.4. The highest BCUT2D eigenvalue weighted by Gasteiger charge is 2.87. The lowest BCUT2D eigenvalue weighted by atomic mass is 9.37. The van der Waals surface area contributed by atoms with E-state index in [0.29, 0.717) is 5.56 Å². The summed E-state index contributed by atoms with van der Waals surface area (Å²) in [5, 5.41) is 73.4. The molecule has 14 unspecified atom stereocenters. The summed E-state index contributed by atoms with van der Waals surface area (Å²) in [6.07, 6.45) is -9.95. The fourth-order valence-corrected chi connectivity index (χ4v) is 10.1. The lowest BCUT2D eigenvalue weighted by molar-refractivity contribution is -0.328. The van der Waals surface area contributed by atoms with Crippen LogP contribution in [0.3, 0.4) is 0 Å². The number of fused-ring (bicyclic) bond motifs is 4. The van der Waals surface area contributed by atoms with Gasteiger partial charge in [-0.1, -0.05) is 6.92 Å². The van der Waals surface area contributed by atoms with E-state index < -0.39 is 113 Å². The van der Waals surface area contributed by atoms with E-state index in [1.165, 1.54) is 12.5 Å². The molecule has 15 heteroatoms. The van der Waals surface area contributed by atoms with Gasteiger partial charge in [-0.05, 0) is 45.6 Å². The summed E-state index contributed by atoms with van der Waals surface area (Å²) in [5.41, 5.74) is -6.54. The Hall–Kier alpha value is -2.47. The molecule has 6 rings (SSSR count). The van der Waals surface area contributed by atoms with E-state index in [0.717, 1.165) is 0 Å². The molecule has 5 aliphatic rings. The number of ketones is 1. The molecule has 5 fully saturated rings. The van der Waals surface area contributed by atoms with Crippen LogP contribution in [0, 0.1) is 28.1 Å². The number of rotatable bonds is 9. The lowest BCUT2D eigenvalue weighted by Crippen LogP contribution is -2.71. The van der Waals surface area contributed by atoms with Crippen LogP contribution in [0.4, 0.5) is 0 Å². The Morgan fingerprint density at radius 1 is 1.06 bits per heavy atom. The molecule has 7 N–H and O–H groups in total. The highest BCUT2D eigenvalue weighted by atomic mass is 16.7. The molecule has 47 heavy (non-hydrogen) atoms. The Morgan fingerprint density at radius 3 is 2.34 bits per heavy atom. The van der Waals surface area contributed by atoms with Gasteiger partial charge < -0.3 is 59.1 Å². The summed E-state index contributed by atoms with van der Waals surface area (Å²) in [5.74, 6) is -4.24. The molecule has 1 aromatic heterocycles. The van der Waals surface area contributed by atoms with Crippen LogP contribution >= 0.6 is 0 Å². The quantitative estimate of drug-likeness (QED) is 0.171. The average Bonchev–Trinajstić information content (AvgIpc) is 3.45. The maximum absolute atomic E-state index is 14.7. The molecule has 2 saturated carbocycles. The van der Waals surface area contributed by atoms with Crippen LogP contribution in [0.1, 0.15) is 65.0 Å². The molecule has 0 bridgehead atoms. The van der Waals surface area contributed by atoms with Gasteiger partial charge >= 0.3 is 11.9 Å². The van der Waals surface area contributed by atoms with Crippen molar-refractivity contribution in [2.45, 2.75) is 114 Å². The number of aliphatic hydroxyl groups is 5. The molecule has 3 aliphatic heterocycles. The van der Waals surface area contributed by atoms with Gasteiger partial charge in [0.2, 0.25) is 0 Å². The minimum Gasteiger partial charge on any atom is -0.481 e. The topological polar surface area (TPSA) is 246 Å². The number of furan rings is 1. The second kappa shape index (κ2) is 11.3. The molecule has 2 aliphatic carbocycles. The Morgan fingerprint density at radius 2 is 1.77 bits per heavy atom. The molecule has 3 saturated heterocycles. The first-order valence-corrected chi connectivity index (χ1v) is 15.9. The van der Waals surface area contributed by atoms with Gasteiger partial charge in [-0.15, -0.1) is 0 Å². The summed E-state index contributed by atoms with van der Waals surface area (Å²) in [7, 11) is 0. The zero-order chi connectivity index (χ0) is 34.5. The fraction of sp³-hybridized carbons (Fsp3) is 0.781. The molecule has 15 nitrogen and oxygen atoms in total. The van der Waals surface area contributed by atoms with Crippen molar-refractivity contribution in [3.63, 3.8) is 0 Å². The normalized spacial score (nSPS) is 46.8. The Balaban J connectivity index is 1.49.